The minimum absolute atomic E-state index is 0.0856. The Morgan fingerprint density at radius 3 is 2.44 bits per heavy atom. The average Bonchev–Trinajstić information content (AvgIpc) is 2.82. The van der Waals surface area contributed by atoms with Gasteiger partial charge in [-0.3, -0.25) is 9.59 Å². The van der Waals surface area contributed by atoms with Gasteiger partial charge in [-0.25, -0.2) is 9.97 Å². The van der Waals surface area contributed by atoms with Crippen LogP contribution in [-0.4, -0.2) is 82.3 Å². The predicted octanol–water partition coefficient (Wildman–Crippen LogP) is 2.25. The monoisotopic (exact) mass is 442 g/mol. The first-order valence-electron chi connectivity index (χ1n) is 12.2. The molecule has 2 saturated heterocycles. The molecule has 2 amide bonds. The van der Waals surface area contributed by atoms with Gasteiger partial charge in [-0.1, -0.05) is 0 Å². The first-order valence-corrected chi connectivity index (χ1v) is 12.2. The van der Waals surface area contributed by atoms with E-state index in [9.17, 15) is 9.59 Å². The van der Waals surface area contributed by atoms with Gasteiger partial charge < -0.3 is 20.0 Å². The van der Waals surface area contributed by atoms with Crippen molar-refractivity contribution in [2.45, 2.75) is 71.4 Å². The first kappa shape index (κ1) is 23.0. The number of hydrogen-bond acceptors (Lipinski definition) is 6. The molecule has 1 atom stereocenters. The van der Waals surface area contributed by atoms with Crippen LogP contribution in [0.1, 0.15) is 69.5 Å². The van der Waals surface area contributed by atoms with Crippen molar-refractivity contribution in [2.24, 2.45) is 5.92 Å². The molecule has 2 fully saturated rings. The predicted molar refractivity (Wildman–Crippen MR) is 124 cm³/mol. The average molecular weight is 443 g/mol. The highest BCUT2D eigenvalue weighted by atomic mass is 16.2. The smallest absolute Gasteiger partial charge is 0.225 e. The molecule has 0 bridgehead atoms. The zero-order valence-corrected chi connectivity index (χ0v) is 20.1. The van der Waals surface area contributed by atoms with Crippen molar-refractivity contribution in [1.29, 1.82) is 0 Å². The molecule has 0 aromatic carbocycles. The Morgan fingerprint density at radius 2 is 1.78 bits per heavy atom. The van der Waals surface area contributed by atoms with Crippen molar-refractivity contribution in [3.63, 3.8) is 0 Å². The van der Waals surface area contributed by atoms with Crippen molar-refractivity contribution in [3.05, 3.63) is 17.1 Å². The summed E-state index contributed by atoms with van der Waals surface area (Å²) in [6.07, 6.45) is 4.68. The van der Waals surface area contributed by atoms with Gasteiger partial charge in [-0.15, -0.1) is 0 Å². The lowest BCUT2D eigenvalue weighted by atomic mass is 9.91. The highest BCUT2D eigenvalue weighted by Crippen LogP contribution is 2.31. The maximum absolute atomic E-state index is 13.3. The topological polar surface area (TPSA) is 81.7 Å². The van der Waals surface area contributed by atoms with Crippen molar-refractivity contribution < 1.29 is 9.59 Å². The number of amides is 2. The molecule has 0 radical (unpaired) electrons. The summed E-state index contributed by atoms with van der Waals surface area (Å²) in [7, 11) is 1.87. The van der Waals surface area contributed by atoms with Crippen LogP contribution in [0.15, 0.2) is 0 Å². The minimum Gasteiger partial charge on any atom is -0.373 e. The SMILES string of the molecule is CNc1nc(C2CCCN(C(=O)C3CCN(C(C)C)CC3)C2)nc2c1CN(C(C)=O)CC2. The fraction of sp³-hybridized carbons (Fsp3) is 0.750. The Bertz CT molecular complexity index is 832. The number of carbonyl (C=O) groups is 2. The molecule has 176 valence electrons. The zero-order valence-electron chi connectivity index (χ0n) is 20.1. The van der Waals surface area contributed by atoms with Gasteiger partial charge in [0.25, 0.3) is 0 Å². The number of hydrogen-bond donors (Lipinski definition) is 1. The largest absolute Gasteiger partial charge is 0.373 e. The second kappa shape index (κ2) is 9.73. The standard InChI is InChI=1S/C24H38N6O2/c1-16(2)28-11-7-18(8-12-28)24(32)30-10-5-6-19(14-30)22-26-21-9-13-29(17(3)31)15-20(21)23(25-4)27-22/h16,18-19H,5-15H2,1-4H3,(H,25,26,27). The minimum atomic E-state index is 0.0856. The molecule has 0 spiro atoms. The molecule has 3 aliphatic rings. The molecule has 0 aliphatic carbocycles. The van der Waals surface area contributed by atoms with E-state index in [1.54, 1.807) is 6.92 Å². The molecule has 8 heteroatoms. The van der Waals surface area contributed by atoms with Gasteiger partial charge in [-0.2, -0.15) is 0 Å². The fourth-order valence-corrected chi connectivity index (χ4v) is 5.40. The fourth-order valence-electron chi connectivity index (χ4n) is 5.40. The van der Waals surface area contributed by atoms with E-state index in [0.717, 1.165) is 74.6 Å². The Labute approximate surface area is 191 Å². The maximum atomic E-state index is 13.3. The highest BCUT2D eigenvalue weighted by Gasteiger charge is 2.34. The summed E-state index contributed by atoms with van der Waals surface area (Å²) in [5.41, 5.74) is 2.07. The summed E-state index contributed by atoms with van der Waals surface area (Å²) in [6.45, 7) is 10.9. The number of carbonyl (C=O) groups excluding carboxylic acids is 2. The number of likely N-dealkylation sites (tertiary alicyclic amines) is 2. The van der Waals surface area contributed by atoms with Crippen molar-refractivity contribution >= 4 is 17.6 Å². The second-order valence-electron chi connectivity index (χ2n) is 9.82. The van der Waals surface area contributed by atoms with Crippen molar-refractivity contribution in [1.82, 2.24) is 24.7 Å². The van der Waals surface area contributed by atoms with E-state index in [0.29, 0.717) is 31.6 Å². The van der Waals surface area contributed by atoms with E-state index in [1.807, 2.05) is 11.9 Å². The summed E-state index contributed by atoms with van der Waals surface area (Å²) in [5.74, 6) is 2.40. The van der Waals surface area contributed by atoms with Gasteiger partial charge in [0.1, 0.15) is 11.6 Å². The van der Waals surface area contributed by atoms with Crippen LogP contribution < -0.4 is 5.32 Å². The van der Waals surface area contributed by atoms with Crippen LogP contribution in [0.2, 0.25) is 0 Å². The van der Waals surface area contributed by atoms with Gasteiger partial charge in [0, 0.05) is 63.5 Å². The number of nitrogens with one attached hydrogen (secondary N) is 1. The van der Waals surface area contributed by atoms with Crippen molar-refractivity contribution in [2.75, 3.05) is 45.1 Å². The van der Waals surface area contributed by atoms with Gasteiger partial charge in [-0.05, 0) is 52.6 Å². The number of aromatic nitrogens is 2. The highest BCUT2D eigenvalue weighted by molar-refractivity contribution is 5.79. The Hall–Kier alpha value is -2.22. The molecular weight excluding hydrogens is 404 g/mol. The van der Waals surface area contributed by atoms with Crippen molar-refractivity contribution in [3.8, 4) is 0 Å². The second-order valence-corrected chi connectivity index (χ2v) is 9.82. The van der Waals surface area contributed by atoms with E-state index in [2.05, 4.69) is 29.0 Å². The van der Waals surface area contributed by atoms with E-state index in [4.69, 9.17) is 9.97 Å². The third-order valence-electron chi connectivity index (χ3n) is 7.47. The third kappa shape index (κ3) is 4.75. The van der Waals surface area contributed by atoms with E-state index in [-0.39, 0.29) is 17.7 Å². The van der Waals surface area contributed by atoms with Crippen LogP contribution in [0, 0.1) is 5.92 Å². The molecule has 1 aromatic rings. The summed E-state index contributed by atoms with van der Waals surface area (Å²) in [6, 6.07) is 0.551. The van der Waals surface area contributed by atoms with E-state index in [1.165, 1.54) is 0 Å². The molecule has 1 unspecified atom stereocenters. The number of anilines is 1. The quantitative estimate of drug-likeness (QED) is 0.770. The maximum Gasteiger partial charge on any atom is 0.225 e. The summed E-state index contributed by atoms with van der Waals surface area (Å²) >= 11 is 0. The summed E-state index contributed by atoms with van der Waals surface area (Å²) in [4.78, 5) is 41.3. The summed E-state index contributed by atoms with van der Waals surface area (Å²) in [5, 5.41) is 3.22. The number of rotatable bonds is 4. The number of nitrogens with zero attached hydrogens (tertiary/aromatic N) is 5. The number of fused-ring (bicyclic) bond motifs is 1. The molecule has 4 rings (SSSR count). The van der Waals surface area contributed by atoms with Crippen LogP contribution in [-0.2, 0) is 22.6 Å². The summed E-state index contributed by atoms with van der Waals surface area (Å²) < 4.78 is 0. The Morgan fingerprint density at radius 1 is 1.03 bits per heavy atom. The molecule has 0 saturated carbocycles. The lowest BCUT2D eigenvalue weighted by Gasteiger charge is -2.38. The molecule has 32 heavy (non-hydrogen) atoms. The van der Waals surface area contributed by atoms with Crippen LogP contribution in [0.4, 0.5) is 5.82 Å². The van der Waals surface area contributed by atoms with Crippen LogP contribution in [0.25, 0.3) is 0 Å². The number of piperidine rings is 2. The Kier molecular flexibility index (Phi) is 6.98. The molecule has 1 N–H and O–H groups in total. The first-order chi connectivity index (χ1) is 15.4. The molecule has 3 aliphatic heterocycles. The van der Waals surface area contributed by atoms with Gasteiger partial charge in [0.2, 0.25) is 11.8 Å². The zero-order chi connectivity index (χ0) is 22.8. The molecule has 4 heterocycles. The molecule has 1 aromatic heterocycles. The van der Waals surface area contributed by atoms with Crippen LogP contribution >= 0.6 is 0 Å². The molecular formula is C24H38N6O2. The van der Waals surface area contributed by atoms with Gasteiger partial charge >= 0.3 is 0 Å². The van der Waals surface area contributed by atoms with E-state index < -0.39 is 0 Å². The third-order valence-corrected chi connectivity index (χ3v) is 7.47. The normalized spacial score (nSPS) is 22.7. The van der Waals surface area contributed by atoms with Gasteiger partial charge in [0.05, 0.1) is 12.2 Å². The Balaban J connectivity index is 1.45. The van der Waals surface area contributed by atoms with Crippen LogP contribution in [0.3, 0.4) is 0 Å². The van der Waals surface area contributed by atoms with Gasteiger partial charge in [0.15, 0.2) is 0 Å². The lowest BCUT2D eigenvalue weighted by Crippen LogP contribution is -2.47. The van der Waals surface area contributed by atoms with Crippen LogP contribution in [0.5, 0.6) is 0 Å². The lowest BCUT2D eigenvalue weighted by molar-refractivity contribution is -0.138. The van der Waals surface area contributed by atoms with E-state index >= 15 is 0 Å². The molecule has 8 nitrogen and oxygen atoms in total.